The summed E-state index contributed by atoms with van der Waals surface area (Å²) in [5.74, 6) is 6.26. The van der Waals surface area contributed by atoms with Gasteiger partial charge in [-0.25, -0.2) is 5.43 Å². The molecule has 6 heteroatoms. The molecule has 3 nitrogen and oxygen atoms in total. The van der Waals surface area contributed by atoms with E-state index in [1.165, 1.54) is 4.88 Å². The fourth-order valence-electron chi connectivity index (χ4n) is 1.41. The van der Waals surface area contributed by atoms with Gasteiger partial charge in [0.15, 0.2) is 5.22 Å². The Morgan fingerprint density at radius 2 is 2.31 bits per heavy atom. The van der Waals surface area contributed by atoms with Gasteiger partial charge < -0.3 is 4.42 Å². The summed E-state index contributed by atoms with van der Waals surface area (Å²) in [6, 6.07) is 5.49. The van der Waals surface area contributed by atoms with Crippen molar-refractivity contribution in [3.8, 4) is 0 Å². The molecule has 0 radical (unpaired) electrons. The number of hydrogen-bond acceptors (Lipinski definition) is 4. The number of hydrogen-bond donors (Lipinski definition) is 2. The second kappa shape index (κ2) is 5.33. The van der Waals surface area contributed by atoms with Crippen LogP contribution in [-0.2, 0) is 6.42 Å². The number of nitrogens with one attached hydrogen (secondary N) is 1. The Balaban J connectivity index is 2.15. The Morgan fingerprint density at radius 1 is 1.50 bits per heavy atom. The molecule has 2 rings (SSSR count). The van der Waals surface area contributed by atoms with Gasteiger partial charge in [-0.15, -0.1) is 11.3 Å². The fraction of sp³-hybridized carbons (Fsp3) is 0.200. The lowest BCUT2D eigenvalue weighted by Crippen LogP contribution is -2.29. The van der Waals surface area contributed by atoms with Crippen LogP contribution in [-0.4, -0.2) is 0 Å². The maximum Gasteiger partial charge on any atom is 0.193 e. The lowest BCUT2D eigenvalue weighted by Gasteiger charge is -2.12. The molecule has 0 saturated carbocycles. The van der Waals surface area contributed by atoms with E-state index in [1.54, 1.807) is 17.4 Å². The molecule has 0 aliphatic carbocycles. The summed E-state index contributed by atoms with van der Waals surface area (Å²) in [6.45, 7) is 0. The van der Waals surface area contributed by atoms with Crippen LogP contribution in [0.1, 0.15) is 16.7 Å². The Hall–Kier alpha value is -0.330. The molecule has 2 heterocycles. The Labute approximate surface area is 111 Å². The number of thiophene rings is 1. The summed E-state index contributed by atoms with van der Waals surface area (Å²) in [5.41, 5.74) is 2.73. The molecule has 3 N–H and O–H groups in total. The fourth-order valence-corrected chi connectivity index (χ4v) is 3.13. The largest absolute Gasteiger partial charge is 0.448 e. The Kier molecular flexibility index (Phi) is 4.05. The molecule has 0 fully saturated rings. The third-order valence-corrected chi connectivity index (χ3v) is 4.37. The molecule has 0 saturated heterocycles. The van der Waals surface area contributed by atoms with Crippen LogP contribution in [0.15, 0.2) is 32.5 Å². The van der Waals surface area contributed by atoms with Crippen LogP contribution in [0, 0.1) is 0 Å². The van der Waals surface area contributed by atoms with Gasteiger partial charge in [0.2, 0.25) is 0 Å². The number of halogens is 2. The second-order valence-electron chi connectivity index (χ2n) is 3.26. The van der Waals surface area contributed by atoms with Crippen LogP contribution in [0.3, 0.4) is 0 Å². The number of nitrogens with two attached hydrogens (primary N) is 1. The van der Waals surface area contributed by atoms with E-state index in [4.69, 9.17) is 21.9 Å². The average Bonchev–Trinajstić information content (AvgIpc) is 2.85. The maximum atomic E-state index is 5.73. The summed E-state index contributed by atoms with van der Waals surface area (Å²) >= 11 is 10.9. The predicted molar refractivity (Wildman–Crippen MR) is 69.5 cm³/mol. The van der Waals surface area contributed by atoms with E-state index in [2.05, 4.69) is 21.4 Å². The molecule has 0 aliphatic rings. The van der Waals surface area contributed by atoms with Crippen molar-refractivity contribution in [3.63, 3.8) is 0 Å². The molecule has 16 heavy (non-hydrogen) atoms. The zero-order valence-corrected chi connectivity index (χ0v) is 11.4. The zero-order chi connectivity index (χ0) is 11.5. The third kappa shape index (κ3) is 2.67. The SMILES string of the molecule is NNC(Cc1sccc1Br)c1ccc(Cl)o1. The minimum atomic E-state index is -0.0672. The van der Waals surface area contributed by atoms with Gasteiger partial charge in [0, 0.05) is 15.8 Å². The molecule has 2 aromatic heterocycles. The van der Waals surface area contributed by atoms with E-state index >= 15 is 0 Å². The van der Waals surface area contributed by atoms with Gasteiger partial charge >= 0.3 is 0 Å². The first-order chi connectivity index (χ1) is 7.70. The predicted octanol–water partition coefficient (Wildman–Crippen LogP) is 3.50. The monoisotopic (exact) mass is 320 g/mol. The van der Waals surface area contributed by atoms with Crippen molar-refractivity contribution in [3.05, 3.63) is 43.9 Å². The molecule has 86 valence electrons. The molecule has 1 unspecified atom stereocenters. The molecule has 1 atom stereocenters. The Bertz CT molecular complexity index is 471. The highest BCUT2D eigenvalue weighted by Crippen LogP contribution is 2.29. The minimum Gasteiger partial charge on any atom is -0.448 e. The minimum absolute atomic E-state index is 0.0672. The van der Waals surface area contributed by atoms with E-state index in [1.807, 2.05) is 17.5 Å². The number of hydrazine groups is 1. The molecule has 2 aromatic rings. The number of rotatable bonds is 4. The van der Waals surface area contributed by atoms with Crippen LogP contribution in [0.5, 0.6) is 0 Å². The summed E-state index contributed by atoms with van der Waals surface area (Å²) < 4.78 is 6.43. The Morgan fingerprint density at radius 3 is 2.81 bits per heavy atom. The highest BCUT2D eigenvalue weighted by Gasteiger charge is 2.16. The molecule has 0 spiro atoms. The number of furan rings is 1. The summed E-state index contributed by atoms with van der Waals surface area (Å²) in [4.78, 5) is 1.22. The van der Waals surface area contributed by atoms with Crippen LogP contribution >= 0.6 is 38.9 Å². The van der Waals surface area contributed by atoms with Crippen molar-refractivity contribution in [2.75, 3.05) is 0 Å². The van der Waals surface area contributed by atoms with Crippen LogP contribution in [0.25, 0.3) is 0 Å². The molecular weight excluding hydrogens is 312 g/mol. The molecule has 0 aromatic carbocycles. The second-order valence-corrected chi connectivity index (χ2v) is 5.48. The standard InChI is InChI=1S/C10H10BrClN2OS/c11-6-3-4-16-9(6)5-7(14-13)8-1-2-10(12)15-8/h1-4,7,14H,5,13H2. The van der Waals surface area contributed by atoms with Gasteiger partial charge in [-0.05, 0) is 51.1 Å². The zero-order valence-electron chi connectivity index (χ0n) is 8.24. The smallest absolute Gasteiger partial charge is 0.193 e. The van der Waals surface area contributed by atoms with Gasteiger partial charge in [-0.2, -0.15) is 0 Å². The van der Waals surface area contributed by atoms with Crippen LogP contribution in [0.2, 0.25) is 5.22 Å². The summed E-state index contributed by atoms with van der Waals surface area (Å²) in [6.07, 6.45) is 0.762. The van der Waals surface area contributed by atoms with Gasteiger partial charge in [0.1, 0.15) is 5.76 Å². The van der Waals surface area contributed by atoms with Crippen molar-refractivity contribution in [2.24, 2.45) is 5.84 Å². The van der Waals surface area contributed by atoms with Crippen molar-refractivity contribution < 1.29 is 4.42 Å². The lowest BCUT2D eigenvalue weighted by atomic mass is 10.1. The quantitative estimate of drug-likeness (QED) is 0.669. The van der Waals surface area contributed by atoms with Gasteiger partial charge in [0.05, 0.1) is 6.04 Å². The lowest BCUT2D eigenvalue weighted by molar-refractivity contribution is 0.418. The van der Waals surface area contributed by atoms with E-state index in [9.17, 15) is 0 Å². The van der Waals surface area contributed by atoms with Gasteiger partial charge in [0.25, 0.3) is 0 Å². The highest BCUT2D eigenvalue weighted by atomic mass is 79.9. The topological polar surface area (TPSA) is 51.2 Å². The van der Waals surface area contributed by atoms with E-state index in [-0.39, 0.29) is 6.04 Å². The van der Waals surface area contributed by atoms with Crippen LogP contribution in [0.4, 0.5) is 0 Å². The molecule has 0 bridgehead atoms. The molecular formula is C10H10BrClN2OS. The van der Waals surface area contributed by atoms with E-state index in [0.29, 0.717) is 5.22 Å². The van der Waals surface area contributed by atoms with Crippen molar-refractivity contribution in [1.29, 1.82) is 0 Å². The van der Waals surface area contributed by atoms with Crippen molar-refractivity contribution in [1.82, 2.24) is 5.43 Å². The first kappa shape index (κ1) is 12.1. The van der Waals surface area contributed by atoms with E-state index < -0.39 is 0 Å². The van der Waals surface area contributed by atoms with Gasteiger partial charge in [-0.1, -0.05) is 0 Å². The first-order valence-electron chi connectivity index (χ1n) is 4.64. The first-order valence-corrected chi connectivity index (χ1v) is 6.69. The van der Waals surface area contributed by atoms with Crippen molar-refractivity contribution >= 4 is 38.9 Å². The maximum absolute atomic E-state index is 5.73. The average molecular weight is 322 g/mol. The van der Waals surface area contributed by atoms with Crippen LogP contribution < -0.4 is 11.3 Å². The normalized spacial score (nSPS) is 12.9. The summed E-state index contributed by atoms with van der Waals surface area (Å²) in [7, 11) is 0. The van der Waals surface area contributed by atoms with Gasteiger partial charge in [-0.3, -0.25) is 5.84 Å². The van der Waals surface area contributed by atoms with Crippen molar-refractivity contribution in [2.45, 2.75) is 12.5 Å². The molecule has 0 aliphatic heterocycles. The summed E-state index contributed by atoms with van der Waals surface area (Å²) in [5, 5.41) is 2.41. The van der Waals surface area contributed by atoms with E-state index in [0.717, 1.165) is 16.7 Å². The molecule has 0 amide bonds. The highest BCUT2D eigenvalue weighted by molar-refractivity contribution is 9.10. The third-order valence-electron chi connectivity index (χ3n) is 2.22.